The highest BCUT2D eigenvalue weighted by molar-refractivity contribution is 5.92. The van der Waals surface area contributed by atoms with Gasteiger partial charge in [-0.25, -0.2) is 0 Å². The zero-order valence-corrected chi connectivity index (χ0v) is 10.9. The number of amides is 1. The van der Waals surface area contributed by atoms with Gasteiger partial charge in [0.1, 0.15) is 0 Å². The lowest BCUT2D eigenvalue weighted by molar-refractivity contribution is -0.141. The smallest absolute Gasteiger partial charge is 0.306 e. The van der Waals surface area contributed by atoms with Gasteiger partial charge in [0.2, 0.25) is 5.91 Å². The van der Waals surface area contributed by atoms with E-state index in [1.54, 1.807) is 0 Å². The lowest BCUT2D eigenvalue weighted by Gasteiger charge is -2.06. The summed E-state index contributed by atoms with van der Waals surface area (Å²) in [5.41, 5.74) is 2.01. The molecule has 4 heteroatoms. The van der Waals surface area contributed by atoms with Gasteiger partial charge in [-0.2, -0.15) is 0 Å². The average Bonchev–Trinajstić information content (AvgIpc) is 2.38. The molecule has 4 nitrogen and oxygen atoms in total. The lowest BCUT2D eigenvalue weighted by atomic mass is 10.1. The fourth-order valence-corrected chi connectivity index (χ4v) is 1.58. The Morgan fingerprint density at radius 1 is 1.17 bits per heavy atom. The summed E-state index contributed by atoms with van der Waals surface area (Å²) >= 11 is 0. The zero-order chi connectivity index (χ0) is 13.4. The van der Waals surface area contributed by atoms with Gasteiger partial charge in [0, 0.05) is 12.1 Å². The highest BCUT2D eigenvalue weighted by Crippen LogP contribution is 2.11. The topological polar surface area (TPSA) is 55.4 Å². The fourth-order valence-electron chi connectivity index (χ4n) is 1.58. The van der Waals surface area contributed by atoms with Crippen LogP contribution in [0.4, 0.5) is 5.69 Å². The van der Waals surface area contributed by atoms with Crippen LogP contribution in [0, 0.1) is 0 Å². The third kappa shape index (κ3) is 4.99. The van der Waals surface area contributed by atoms with Crippen LogP contribution in [0.25, 0.3) is 0 Å². The number of nitrogens with one attached hydrogen (secondary N) is 1. The van der Waals surface area contributed by atoms with Crippen LogP contribution in [0.2, 0.25) is 0 Å². The van der Waals surface area contributed by atoms with Gasteiger partial charge in [0.25, 0.3) is 0 Å². The number of aryl methyl sites for hydroxylation is 1. The van der Waals surface area contributed by atoms with E-state index in [0.29, 0.717) is 0 Å². The van der Waals surface area contributed by atoms with E-state index in [4.69, 9.17) is 0 Å². The first-order valence-electron chi connectivity index (χ1n) is 6.11. The number of esters is 1. The van der Waals surface area contributed by atoms with Gasteiger partial charge in [0.05, 0.1) is 13.5 Å². The van der Waals surface area contributed by atoms with Gasteiger partial charge >= 0.3 is 5.97 Å². The Labute approximate surface area is 107 Å². The van der Waals surface area contributed by atoms with Crippen molar-refractivity contribution >= 4 is 17.6 Å². The molecular formula is C14H19NO3. The minimum absolute atomic E-state index is 0.107. The van der Waals surface area contributed by atoms with E-state index >= 15 is 0 Å². The van der Waals surface area contributed by atoms with Crippen molar-refractivity contribution in [2.75, 3.05) is 12.4 Å². The molecule has 98 valence electrons. The fraction of sp³-hybridized carbons (Fsp3) is 0.429. The number of hydrogen-bond acceptors (Lipinski definition) is 3. The minimum atomic E-state index is -0.372. The summed E-state index contributed by atoms with van der Waals surface area (Å²) in [6.45, 7) is 2.13. The maximum absolute atomic E-state index is 11.5. The van der Waals surface area contributed by atoms with Crippen LogP contribution in [0.5, 0.6) is 0 Å². The largest absolute Gasteiger partial charge is 0.469 e. The van der Waals surface area contributed by atoms with Gasteiger partial charge in [-0.15, -0.1) is 0 Å². The SMILES string of the molecule is CCCc1ccc(NC(=O)CCC(=O)OC)cc1. The number of carbonyl (C=O) groups excluding carboxylic acids is 2. The molecule has 0 bridgehead atoms. The molecule has 1 amide bonds. The molecular weight excluding hydrogens is 230 g/mol. The normalized spacial score (nSPS) is 9.89. The van der Waals surface area contributed by atoms with E-state index in [9.17, 15) is 9.59 Å². The first kappa shape index (κ1) is 14.2. The molecule has 18 heavy (non-hydrogen) atoms. The second kappa shape index (κ2) is 7.48. The Balaban J connectivity index is 2.42. The predicted molar refractivity (Wildman–Crippen MR) is 70.3 cm³/mol. The van der Waals surface area contributed by atoms with Crippen LogP contribution < -0.4 is 5.32 Å². The van der Waals surface area contributed by atoms with Gasteiger partial charge in [-0.05, 0) is 24.1 Å². The molecule has 0 heterocycles. The molecule has 0 fully saturated rings. The number of hydrogen-bond donors (Lipinski definition) is 1. The van der Waals surface area contributed by atoms with Crippen LogP contribution in [0.15, 0.2) is 24.3 Å². The van der Waals surface area contributed by atoms with Crippen molar-refractivity contribution in [3.8, 4) is 0 Å². The van der Waals surface area contributed by atoms with Gasteiger partial charge < -0.3 is 10.1 Å². The molecule has 0 atom stereocenters. The van der Waals surface area contributed by atoms with Crippen LogP contribution in [-0.4, -0.2) is 19.0 Å². The maximum Gasteiger partial charge on any atom is 0.306 e. The summed E-state index contributed by atoms with van der Waals surface area (Å²) in [6, 6.07) is 7.75. The number of anilines is 1. The molecule has 0 aromatic heterocycles. The van der Waals surface area contributed by atoms with E-state index in [0.717, 1.165) is 18.5 Å². The van der Waals surface area contributed by atoms with Crippen molar-refractivity contribution in [3.63, 3.8) is 0 Å². The van der Waals surface area contributed by atoms with E-state index in [2.05, 4.69) is 17.0 Å². The molecule has 0 radical (unpaired) electrons. The highest BCUT2D eigenvalue weighted by Gasteiger charge is 2.06. The maximum atomic E-state index is 11.5. The van der Waals surface area contributed by atoms with Gasteiger partial charge in [0.15, 0.2) is 0 Å². The summed E-state index contributed by atoms with van der Waals surface area (Å²) in [5, 5.41) is 2.74. The van der Waals surface area contributed by atoms with Crippen molar-refractivity contribution in [2.24, 2.45) is 0 Å². The van der Waals surface area contributed by atoms with Crippen molar-refractivity contribution in [3.05, 3.63) is 29.8 Å². The van der Waals surface area contributed by atoms with Crippen LogP contribution >= 0.6 is 0 Å². The summed E-state index contributed by atoms with van der Waals surface area (Å²) in [4.78, 5) is 22.4. The minimum Gasteiger partial charge on any atom is -0.469 e. The van der Waals surface area contributed by atoms with Crippen LogP contribution in [-0.2, 0) is 20.7 Å². The number of ether oxygens (including phenoxy) is 1. The van der Waals surface area contributed by atoms with Gasteiger partial charge in [-0.1, -0.05) is 25.5 Å². The second-order valence-corrected chi connectivity index (χ2v) is 4.07. The molecule has 0 aliphatic heterocycles. The molecule has 0 unspecified atom stereocenters. The molecule has 1 N–H and O–H groups in total. The monoisotopic (exact) mass is 249 g/mol. The van der Waals surface area contributed by atoms with Crippen LogP contribution in [0.3, 0.4) is 0 Å². The van der Waals surface area contributed by atoms with Gasteiger partial charge in [-0.3, -0.25) is 9.59 Å². The molecule has 0 spiro atoms. The van der Waals surface area contributed by atoms with E-state index in [1.165, 1.54) is 12.7 Å². The number of carbonyl (C=O) groups is 2. The molecule has 0 saturated heterocycles. The lowest BCUT2D eigenvalue weighted by Crippen LogP contribution is -2.13. The number of methoxy groups -OCH3 is 1. The molecule has 1 aromatic carbocycles. The summed E-state index contributed by atoms with van der Waals surface area (Å²) in [5.74, 6) is -0.549. The third-order valence-electron chi connectivity index (χ3n) is 2.56. The van der Waals surface area contributed by atoms with Crippen molar-refractivity contribution in [2.45, 2.75) is 32.6 Å². The number of rotatable bonds is 6. The Bertz CT molecular complexity index is 398. The predicted octanol–water partition coefficient (Wildman–Crippen LogP) is 2.53. The standard InChI is InChI=1S/C14H19NO3/c1-3-4-11-5-7-12(8-6-11)15-13(16)9-10-14(17)18-2/h5-8H,3-4,9-10H2,1-2H3,(H,15,16). The number of benzene rings is 1. The summed E-state index contributed by atoms with van der Waals surface area (Å²) in [7, 11) is 1.31. The Morgan fingerprint density at radius 3 is 2.39 bits per heavy atom. The molecule has 0 aliphatic rings. The Hall–Kier alpha value is -1.84. The van der Waals surface area contributed by atoms with E-state index < -0.39 is 0 Å². The molecule has 1 aromatic rings. The Kier molecular flexibility index (Phi) is 5.91. The molecule has 0 aliphatic carbocycles. The van der Waals surface area contributed by atoms with Crippen LogP contribution in [0.1, 0.15) is 31.7 Å². The molecule has 1 rings (SSSR count). The first-order chi connectivity index (χ1) is 8.65. The second-order valence-electron chi connectivity index (χ2n) is 4.07. The average molecular weight is 249 g/mol. The third-order valence-corrected chi connectivity index (χ3v) is 2.56. The highest BCUT2D eigenvalue weighted by atomic mass is 16.5. The van der Waals surface area contributed by atoms with Crippen molar-refractivity contribution < 1.29 is 14.3 Å². The summed E-state index contributed by atoms with van der Waals surface area (Å²) < 4.78 is 4.47. The van der Waals surface area contributed by atoms with Crippen molar-refractivity contribution in [1.29, 1.82) is 0 Å². The van der Waals surface area contributed by atoms with E-state index in [1.807, 2.05) is 24.3 Å². The zero-order valence-electron chi connectivity index (χ0n) is 10.9. The van der Waals surface area contributed by atoms with Crippen molar-refractivity contribution in [1.82, 2.24) is 0 Å². The first-order valence-corrected chi connectivity index (χ1v) is 6.11. The quantitative estimate of drug-likeness (QED) is 0.788. The van der Waals surface area contributed by atoms with E-state index in [-0.39, 0.29) is 24.7 Å². The summed E-state index contributed by atoms with van der Waals surface area (Å²) in [6.07, 6.45) is 2.39. The Morgan fingerprint density at radius 2 is 1.83 bits per heavy atom. The molecule has 0 saturated carbocycles.